The number of ether oxygens (including phenoxy) is 1. The van der Waals surface area contributed by atoms with Gasteiger partial charge in [-0.25, -0.2) is 4.98 Å². The van der Waals surface area contributed by atoms with Crippen LogP contribution in [0.1, 0.15) is 37.1 Å². The highest BCUT2D eigenvalue weighted by atomic mass is 16.5. The minimum Gasteiger partial charge on any atom is -0.443 e. The molecule has 0 aliphatic heterocycles. The van der Waals surface area contributed by atoms with E-state index in [-0.39, 0.29) is 0 Å². The summed E-state index contributed by atoms with van der Waals surface area (Å²) in [6.45, 7) is 6.58. The molecule has 68 valence electrons. The van der Waals surface area contributed by atoms with E-state index in [9.17, 15) is 0 Å². The molecule has 0 aliphatic rings. The van der Waals surface area contributed by atoms with E-state index in [4.69, 9.17) is 9.15 Å². The molecule has 0 spiro atoms. The van der Waals surface area contributed by atoms with Crippen molar-refractivity contribution in [2.75, 3.05) is 7.11 Å². The van der Waals surface area contributed by atoms with Crippen LogP contribution in [0.25, 0.3) is 0 Å². The van der Waals surface area contributed by atoms with Gasteiger partial charge in [-0.3, -0.25) is 0 Å². The monoisotopic (exact) mass is 169 g/mol. The van der Waals surface area contributed by atoms with E-state index < -0.39 is 0 Å². The predicted octanol–water partition coefficient (Wildman–Crippen LogP) is 2.25. The maximum atomic E-state index is 5.48. The minimum absolute atomic E-state index is 0.392. The minimum atomic E-state index is 0.392. The number of rotatable bonds is 3. The smallest absolute Gasteiger partial charge is 0.220 e. The molecule has 1 heterocycles. The first kappa shape index (κ1) is 9.26. The molecule has 0 fully saturated rings. The van der Waals surface area contributed by atoms with Gasteiger partial charge in [0.05, 0.1) is 5.69 Å². The lowest BCUT2D eigenvalue weighted by molar-refractivity contribution is 0.157. The van der Waals surface area contributed by atoms with Crippen molar-refractivity contribution in [2.24, 2.45) is 0 Å². The summed E-state index contributed by atoms with van der Waals surface area (Å²) in [4.78, 5) is 4.23. The number of methoxy groups -OCH3 is 1. The summed E-state index contributed by atoms with van der Waals surface area (Å²) < 4.78 is 10.4. The molecule has 0 N–H and O–H groups in total. The molecule has 3 nitrogen and oxygen atoms in total. The second-order valence-electron chi connectivity index (χ2n) is 3.14. The van der Waals surface area contributed by atoms with Crippen LogP contribution in [0.3, 0.4) is 0 Å². The highest BCUT2D eigenvalue weighted by Gasteiger charge is 2.11. The molecule has 12 heavy (non-hydrogen) atoms. The molecule has 0 aromatic carbocycles. The highest BCUT2D eigenvalue weighted by Crippen LogP contribution is 2.19. The number of aryl methyl sites for hydroxylation is 1. The third kappa shape index (κ3) is 1.85. The summed E-state index contributed by atoms with van der Waals surface area (Å²) in [5, 5.41) is 0. The van der Waals surface area contributed by atoms with Gasteiger partial charge in [0, 0.05) is 13.0 Å². The van der Waals surface area contributed by atoms with Crippen LogP contribution in [-0.2, 0) is 11.3 Å². The third-order valence-electron chi connectivity index (χ3n) is 1.67. The van der Waals surface area contributed by atoms with Gasteiger partial charge in [-0.2, -0.15) is 0 Å². The number of aromatic nitrogens is 1. The Morgan fingerprint density at radius 2 is 2.17 bits per heavy atom. The summed E-state index contributed by atoms with van der Waals surface area (Å²) in [6, 6.07) is 0. The summed E-state index contributed by atoms with van der Waals surface area (Å²) in [6.07, 6.45) is 0. The molecule has 0 bridgehead atoms. The van der Waals surface area contributed by atoms with Gasteiger partial charge in [-0.15, -0.1) is 0 Å². The van der Waals surface area contributed by atoms with Crippen LogP contribution in [0, 0.1) is 6.92 Å². The second-order valence-corrected chi connectivity index (χ2v) is 3.14. The number of nitrogens with zero attached hydrogens (tertiary/aromatic N) is 1. The molecule has 0 unspecified atom stereocenters. The van der Waals surface area contributed by atoms with Crippen LogP contribution in [0.15, 0.2) is 4.42 Å². The average Bonchev–Trinajstić information content (AvgIpc) is 2.32. The van der Waals surface area contributed by atoms with Crippen molar-refractivity contribution < 1.29 is 9.15 Å². The van der Waals surface area contributed by atoms with Gasteiger partial charge in [0.15, 0.2) is 0 Å². The summed E-state index contributed by atoms with van der Waals surface area (Å²) in [5.41, 5.74) is 0.969. The first-order valence-corrected chi connectivity index (χ1v) is 4.10. The Balaban J connectivity index is 2.85. The van der Waals surface area contributed by atoms with Crippen LogP contribution in [-0.4, -0.2) is 12.1 Å². The largest absolute Gasteiger partial charge is 0.443 e. The van der Waals surface area contributed by atoms with Crippen molar-refractivity contribution in [3.05, 3.63) is 17.3 Å². The van der Waals surface area contributed by atoms with E-state index in [2.05, 4.69) is 18.8 Å². The summed E-state index contributed by atoms with van der Waals surface area (Å²) >= 11 is 0. The standard InChI is InChI=1S/C9H15NO2/c1-6(2)9-7(3)10-8(12-9)5-11-4/h6H,5H2,1-4H3. The molecule has 3 heteroatoms. The van der Waals surface area contributed by atoms with Crippen LogP contribution >= 0.6 is 0 Å². The van der Waals surface area contributed by atoms with Crippen molar-refractivity contribution >= 4 is 0 Å². The summed E-state index contributed by atoms with van der Waals surface area (Å²) in [5.74, 6) is 2.02. The van der Waals surface area contributed by atoms with Crippen molar-refractivity contribution in [2.45, 2.75) is 33.3 Å². The van der Waals surface area contributed by atoms with Gasteiger partial charge in [-0.1, -0.05) is 13.8 Å². The normalized spacial score (nSPS) is 11.1. The highest BCUT2D eigenvalue weighted by molar-refractivity contribution is 5.11. The molecular formula is C9H15NO2. The van der Waals surface area contributed by atoms with Crippen LogP contribution in [0.4, 0.5) is 0 Å². The van der Waals surface area contributed by atoms with Gasteiger partial charge in [0.1, 0.15) is 12.4 Å². The van der Waals surface area contributed by atoms with Crippen LogP contribution in [0.5, 0.6) is 0 Å². The van der Waals surface area contributed by atoms with E-state index in [0.29, 0.717) is 18.4 Å². The van der Waals surface area contributed by atoms with E-state index >= 15 is 0 Å². The Morgan fingerprint density at radius 3 is 2.58 bits per heavy atom. The molecule has 0 amide bonds. The maximum Gasteiger partial charge on any atom is 0.220 e. The van der Waals surface area contributed by atoms with Gasteiger partial charge in [-0.05, 0) is 6.92 Å². The fourth-order valence-electron chi connectivity index (χ4n) is 1.19. The SMILES string of the molecule is COCc1nc(C)c(C(C)C)o1. The Hall–Kier alpha value is -0.830. The molecule has 1 aromatic rings. The van der Waals surface area contributed by atoms with Crippen molar-refractivity contribution in [1.29, 1.82) is 0 Å². The molecule has 0 saturated heterocycles. The molecule has 1 aromatic heterocycles. The lowest BCUT2D eigenvalue weighted by Gasteiger charge is -1.98. The zero-order valence-electron chi connectivity index (χ0n) is 8.05. The third-order valence-corrected chi connectivity index (χ3v) is 1.67. The van der Waals surface area contributed by atoms with Crippen molar-refractivity contribution in [3.63, 3.8) is 0 Å². The van der Waals surface area contributed by atoms with Crippen molar-refractivity contribution in [1.82, 2.24) is 4.98 Å². The Labute approximate surface area is 72.7 Å². The predicted molar refractivity (Wildman–Crippen MR) is 46.0 cm³/mol. The molecule has 0 atom stereocenters. The van der Waals surface area contributed by atoms with Crippen molar-refractivity contribution in [3.8, 4) is 0 Å². The van der Waals surface area contributed by atoms with E-state index in [1.165, 1.54) is 0 Å². The molecule has 1 rings (SSSR count). The molecular weight excluding hydrogens is 154 g/mol. The molecule has 0 radical (unpaired) electrons. The zero-order chi connectivity index (χ0) is 9.14. The Bertz CT molecular complexity index is 253. The van der Waals surface area contributed by atoms with Crippen LogP contribution in [0.2, 0.25) is 0 Å². The van der Waals surface area contributed by atoms with E-state index in [1.807, 2.05) is 6.92 Å². The van der Waals surface area contributed by atoms with Crippen LogP contribution < -0.4 is 0 Å². The van der Waals surface area contributed by atoms with E-state index in [1.54, 1.807) is 7.11 Å². The number of hydrogen-bond acceptors (Lipinski definition) is 3. The van der Waals surface area contributed by atoms with Gasteiger partial charge in [0.25, 0.3) is 0 Å². The summed E-state index contributed by atoms with van der Waals surface area (Å²) in [7, 11) is 1.63. The maximum absolute atomic E-state index is 5.48. The lowest BCUT2D eigenvalue weighted by atomic mass is 10.1. The first-order valence-electron chi connectivity index (χ1n) is 4.10. The van der Waals surface area contributed by atoms with Gasteiger partial charge < -0.3 is 9.15 Å². The average molecular weight is 169 g/mol. The topological polar surface area (TPSA) is 35.3 Å². The number of hydrogen-bond donors (Lipinski definition) is 0. The second kappa shape index (κ2) is 3.72. The Morgan fingerprint density at radius 1 is 1.50 bits per heavy atom. The van der Waals surface area contributed by atoms with Gasteiger partial charge in [0.2, 0.25) is 5.89 Å². The van der Waals surface area contributed by atoms with Gasteiger partial charge >= 0.3 is 0 Å². The fraction of sp³-hybridized carbons (Fsp3) is 0.667. The first-order chi connectivity index (χ1) is 5.65. The Kier molecular flexibility index (Phi) is 2.87. The molecule has 0 aliphatic carbocycles. The zero-order valence-corrected chi connectivity index (χ0v) is 8.05. The quantitative estimate of drug-likeness (QED) is 0.696. The van der Waals surface area contributed by atoms with E-state index in [0.717, 1.165) is 11.5 Å². The molecule has 0 saturated carbocycles. The number of oxazole rings is 1. The lowest BCUT2D eigenvalue weighted by Crippen LogP contribution is -1.86. The fourth-order valence-corrected chi connectivity index (χ4v) is 1.19.